The molecule has 0 amide bonds. The molecule has 260 valence electrons. The standard InChI is InChI=1S/C38H62N2O6/c1-23(2)24(3)34(5)14-15-36(7)27-9-10-30-35(6)21-44-22-38(30,28(27)11-13-37(36,8)31(34)33(42)43)19-29(46-25(4)41)32(35)45-18-17-40-16-12-26(39)20-40/h11,23-24,26-27,29-32H,9-10,12-22,39H2,1-8H3,(H,42,43)/t24-,26?,27+,29-,30?,31-,32+,34-,35?,36-,37+,38+/m1/s1. The Morgan fingerprint density at radius 1 is 1.09 bits per heavy atom. The number of carboxylic acid groups (broad SMARTS) is 1. The largest absolute Gasteiger partial charge is 0.481 e. The lowest BCUT2D eigenvalue weighted by atomic mass is 9.34. The second kappa shape index (κ2) is 11.8. The van der Waals surface area contributed by atoms with Gasteiger partial charge in [-0.2, -0.15) is 0 Å². The van der Waals surface area contributed by atoms with Crippen LogP contribution in [0.15, 0.2) is 11.6 Å². The van der Waals surface area contributed by atoms with Crippen LogP contribution < -0.4 is 5.73 Å². The maximum Gasteiger partial charge on any atom is 0.307 e. The van der Waals surface area contributed by atoms with Gasteiger partial charge in [0.15, 0.2) is 0 Å². The Morgan fingerprint density at radius 2 is 1.83 bits per heavy atom. The molecule has 3 N–H and O–H groups in total. The van der Waals surface area contributed by atoms with Crippen molar-refractivity contribution in [3.63, 3.8) is 0 Å². The number of ether oxygens (including phenoxy) is 3. The van der Waals surface area contributed by atoms with E-state index in [4.69, 9.17) is 19.9 Å². The number of hydrogen-bond acceptors (Lipinski definition) is 7. The summed E-state index contributed by atoms with van der Waals surface area (Å²) in [5.74, 6) is 0.0504. The van der Waals surface area contributed by atoms with E-state index in [1.165, 1.54) is 12.5 Å². The third-order valence-electron chi connectivity index (χ3n) is 15.4. The topological polar surface area (TPSA) is 111 Å². The van der Waals surface area contributed by atoms with Gasteiger partial charge in [0.2, 0.25) is 0 Å². The minimum Gasteiger partial charge on any atom is -0.481 e. The van der Waals surface area contributed by atoms with Crippen LogP contribution in [0.4, 0.5) is 0 Å². The average Bonchev–Trinajstić information content (AvgIpc) is 3.38. The van der Waals surface area contributed by atoms with Crippen molar-refractivity contribution in [1.29, 1.82) is 0 Å². The van der Waals surface area contributed by atoms with Crippen LogP contribution in [0, 0.1) is 56.7 Å². The Kier molecular flexibility index (Phi) is 8.85. The van der Waals surface area contributed by atoms with Crippen molar-refractivity contribution in [3.05, 3.63) is 11.6 Å². The molecule has 6 rings (SSSR count). The molecule has 6 aliphatic rings. The lowest BCUT2D eigenvalue weighted by molar-refractivity contribution is -0.267. The molecular formula is C38H62N2O6. The zero-order valence-corrected chi connectivity index (χ0v) is 29.9. The van der Waals surface area contributed by atoms with E-state index in [1.807, 2.05) is 0 Å². The minimum absolute atomic E-state index is 0.148. The normalized spacial score (nSPS) is 47.7. The summed E-state index contributed by atoms with van der Waals surface area (Å²) in [7, 11) is 0. The van der Waals surface area contributed by atoms with Gasteiger partial charge in [0.25, 0.3) is 0 Å². The highest BCUT2D eigenvalue weighted by Gasteiger charge is 2.72. The number of allylic oxidation sites excluding steroid dienone is 1. The number of nitrogens with two attached hydrogens (primary N) is 1. The summed E-state index contributed by atoms with van der Waals surface area (Å²) in [6.07, 6.45) is 8.41. The summed E-state index contributed by atoms with van der Waals surface area (Å²) in [5.41, 5.74) is 6.30. The van der Waals surface area contributed by atoms with E-state index >= 15 is 0 Å². The Hall–Kier alpha value is -1.48. The first-order valence-corrected chi connectivity index (χ1v) is 18.3. The maximum atomic E-state index is 13.4. The molecule has 2 heterocycles. The highest BCUT2D eigenvalue weighted by Crippen LogP contribution is 2.75. The van der Waals surface area contributed by atoms with Crippen LogP contribution >= 0.6 is 0 Å². The zero-order valence-electron chi connectivity index (χ0n) is 29.9. The Bertz CT molecular complexity index is 1240. The van der Waals surface area contributed by atoms with Crippen LogP contribution in [0.1, 0.15) is 100 Å². The first kappa shape index (κ1) is 34.4. The molecule has 46 heavy (non-hydrogen) atoms. The second-order valence-electron chi connectivity index (χ2n) is 17.8. The molecule has 0 radical (unpaired) electrons. The van der Waals surface area contributed by atoms with Crippen LogP contribution in [0.25, 0.3) is 0 Å². The van der Waals surface area contributed by atoms with Gasteiger partial charge in [0, 0.05) is 36.9 Å². The van der Waals surface area contributed by atoms with Gasteiger partial charge in [0.1, 0.15) is 12.2 Å². The third kappa shape index (κ3) is 4.96. The SMILES string of the molecule is CC(=O)O[C@@H]1C[C@@]23COCC(C)(C2CC[C@H]2C3=CC[C@@]3(C)[C@H](C(=O)O)[C@@](C)([C@H](C)C(C)C)CC[C@]23C)[C@H]1OCCN1CCC(N)C1. The summed E-state index contributed by atoms with van der Waals surface area (Å²) < 4.78 is 19.5. The molecule has 5 fully saturated rings. The fourth-order valence-corrected chi connectivity index (χ4v) is 12.6. The first-order valence-electron chi connectivity index (χ1n) is 18.3. The molecule has 8 nitrogen and oxygen atoms in total. The van der Waals surface area contributed by atoms with E-state index in [9.17, 15) is 14.7 Å². The van der Waals surface area contributed by atoms with E-state index in [-0.39, 0.29) is 57.2 Å². The fraction of sp³-hybridized carbons (Fsp3) is 0.895. The van der Waals surface area contributed by atoms with Crippen LogP contribution in [0.2, 0.25) is 0 Å². The molecule has 4 aliphatic carbocycles. The van der Waals surface area contributed by atoms with Crippen molar-refractivity contribution in [1.82, 2.24) is 4.90 Å². The number of esters is 1. The smallest absolute Gasteiger partial charge is 0.307 e. The molecule has 3 saturated carbocycles. The van der Waals surface area contributed by atoms with Gasteiger partial charge >= 0.3 is 11.9 Å². The van der Waals surface area contributed by atoms with Crippen molar-refractivity contribution in [2.75, 3.05) is 39.5 Å². The highest BCUT2D eigenvalue weighted by atomic mass is 16.6. The number of rotatable bonds is 8. The number of likely N-dealkylation sites (tertiary alicyclic amines) is 1. The molecule has 3 unspecified atom stereocenters. The molecule has 0 spiro atoms. The monoisotopic (exact) mass is 642 g/mol. The van der Waals surface area contributed by atoms with Crippen LogP contribution in [0.3, 0.4) is 0 Å². The van der Waals surface area contributed by atoms with Crippen LogP contribution in [-0.2, 0) is 23.8 Å². The molecule has 2 saturated heterocycles. The summed E-state index contributed by atoms with van der Waals surface area (Å²) in [6, 6.07) is 0.235. The molecule has 0 aromatic carbocycles. The highest BCUT2D eigenvalue weighted by molar-refractivity contribution is 5.73. The summed E-state index contributed by atoms with van der Waals surface area (Å²) >= 11 is 0. The summed E-state index contributed by atoms with van der Waals surface area (Å²) in [5, 5.41) is 11.0. The van der Waals surface area contributed by atoms with E-state index in [2.05, 4.69) is 59.4 Å². The number of nitrogens with zero attached hydrogens (tertiary/aromatic N) is 1. The fourth-order valence-electron chi connectivity index (χ4n) is 12.6. The number of fused-ring (bicyclic) bond motifs is 3. The van der Waals surface area contributed by atoms with E-state index < -0.39 is 11.9 Å². The maximum absolute atomic E-state index is 13.4. The predicted molar refractivity (Wildman–Crippen MR) is 178 cm³/mol. The number of carbonyl (C=O) groups is 2. The molecular weight excluding hydrogens is 580 g/mol. The molecule has 0 aromatic rings. The van der Waals surface area contributed by atoms with Gasteiger partial charge in [-0.25, -0.2) is 0 Å². The Morgan fingerprint density at radius 3 is 2.46 bits per heavy atom. The average molecular weight is 643 g/mol. The minimum atomic E-state index is -0.635. The Labute approximate surface area is 277 Å². The molecule has 12 atom stereocenters. The van der Waals surface area contributed by atoms with Crippen molar-refractivity contribution in [3.8, 4) is 0 Å². The number of aliphatic carboxylic acids is 1. The van der Waals surface area contributed by atoms with E-state index in [0.29, 0.717) is 44.0 Å². The van der Waals surface area contributed by atoms with Crippen molar-refractivity contribution in [2.24, 2.45) is 62.4 Å². The first-order chi connectivity index (χ1) is 21.5. The van der Waals surface area contributed by atoms with Crippen LogP contribution in [0.5, 0.6) is 0 Å². The number of carbonyl (C=O) groups excluding carboxylic acids is 1. The van der Waals surface area contributed by atoms with Crippen LogP contribution in [-0.4, -0.2) is 79.6 Å². The van der Waals surface area contributed by atoms with Gasteiger partial charge in [-0.15, -0.1) is 0 Å². The number of carboxylic acids is 1. The Balaban J connectivity index is 1.35. The lowest BCUT2D eigenvalue weighted by Crippen LogP contribution is -2.70. The number of hydrogen-bond donors (Lipinski definition) is 2. The van der Waals surface area contributed by atoms with Crippen molar-refractivity contribution < 1.29 is 28.9 Å². The second-order valence-corrected chi connectivity index (χ2v) is 17.8. The molecule has 0 aromatic heterocycles. The molecule has 2 aliphatic heterocycles. The van der Waals surface area contributed by atoms with Gasteiger partial charge < -0.3 is 25.1 Å². The van der Waals surface area contributed by atoms with Gasteiger partial charge in [-0.05, 0) is 91.4 Å². The van der Waals surface area contributed by atoms with E-state index in [1.54, 1.807) is 0 Å². The summed E-state index contributed by atoms with van der Waals surface area (Å²) in [6.45, 7) is 22.1. The predicted octanol–water partition coefficient (Wildman–Crippen LogP) is 5.92. The van der Waals surface area contributed by atoms with Crippen molar-refractivity contribution >= 4 is 11.9 Å². The zero-order chi connectivity index (χ0) is 33.4. The van der Waals surface area contributed by atoms with Gasteiger partial charge in [-0.1, -0.05) is 60.1 Å². The van der Waals surface area contributed by atoms with Crippen molar-refractivity contribution in [2.45, 2.75) is 119 Å². The van der Waals surface area contributed by atoms with E-state index in [0.717, 1.165) is 58.2 Å². The van der Waals surface area contributed by atoms with Gasteiger partial charge in [0.05, 0.1) is 25.7 Å². The molecule has 2 bridgehead atoms. The lowest BCUT2D eigenvalue weighted by Gasteiger charge is -2.71. The summed E-state index contributed by atoms with van der Waals surface area (Å²) in [4.78, 5) is 28.3. The molecule has 8 heteroatoms. The van der Waals surface area contributed by atoms with Gasteiger partial charge in [-0.3, -0.25) is 14.5 Å². The quantitative estimate of drug-likeness (QED) is 0.248. The third-order valence-corrected chi connectivity index (χ3v) is 15.4.